The van der Waals surface area contributed by atoms with Crippen molar-refractivity contribution in [1.29, 1.82) is 0 Å². The van der Waals surface area contributed by atoms with Crippen molar-refractivity contribution in [2.24, 2.45) is 17.8 Å². The molecule has 3 amide bonds. The highest BCUT2D eigenvalue weighted by molar-refractivity contribution is 6.31. The number of halogens is 1. The molecule has 0 aromatic heterocycles. The van der Waals surface area contributed by atoms with Gasteiger partial charge in [-0.15, -0.1) is 0 Å². The van der Waals surface area contributed by atoms with Crippen molar-refractivity contribution in [3.8, 4) is 5.75 Å². The summed E-state index contributed by atoms with van der Waals surface area (Å²) in [7, 11) is 0. The van der Waals surface area contributed by atoms with Crippen LogP contribution >= 0.6 is 11.6 Å². The van der Waals surface area contributed by atoms with Crippen LogP contribution in [-0.2, 0) is 19.2 Å². The van der Waals surface area contributed by atoms with E-state index >= 15 is 0 Å². The van der Waals surface area contributed by atoms with Gasteiger partial charge in [0.25, 0.3) is 0 Å². The number of carbonyl (C=O) groups is 4. The van der Waals surface area contributed by atoms with Crippen LogP contribution in [0.1, 0.15) is 31.7 Å². The van der Waals surface area contributed by atoms with E-state index in [-0.39, 0.29) is 48.3 Å². The molecule has 7 nitrogen and oxygen atoms in total. The first-order chi connectivity index (χ1) is 16.7. The highest BCUT2D eigenvalue weighted by Crippen LogP contribution is 2.40. The summed E-state index contributed by atoms with van der Waals surface area (Å²) in [5.74, 6) is -1.98. The van der Waals surface area contributed by atoms with Gasteiger partial charge in [0.1, 0.15) is 5.75 Å². The molecule has 0 N–H and O–H groups in total. The molecule has 0 bridgehead atoms. The maximum atomic E-state index is 12.9. The highest BCUT2D eigenvalue weighted by Gasteiger charge is 2.48. The molecule has 0 unspecified atom stereocenters. The Morgan fingerprint density at radius 1 is 0.971 bits per heavy atom. The molecule has 2 aromatic rings. The topological polar surface area (TPSA) is 84.0 Å². The van der Waals surface area contributed by atoms with Crippen molar-refractivity contribution in [2.75, 3.05) is 16.3 Å². The van der Waals surface area contributed by atoms with Crippen LogP contribution in [0.5, 0.6) is 5.75 Å². The summed E-state index contributed by atoms with van der Waals surface area (Å²) in [6.45, 7) is 4.03. The number of benzene rings is 2. The summed E-state index contributed by atoms with van der Waals surface area (Å²) >= 11 is 6.19. The largest absolute Gasteiger partial charge is 0.426 e. The minimum atomic E-state index is -0.610. The Morgan fingerprint density at radius 2 is 1.69 bits per heavy atom. The molecule has 35 heavy (non-hydrogen) atoms. The number of allylic oxidation sites excluding steroid dienone is 2. The lowest BCUT2D eigenvalue weighted by atomic mass is 9.82. The molecule has 0 saturated carbocycles. The summed E-state index contributed by atoms with van der Waals surface area (Å²) in [6, 6.07) is 11.7. The minimum absolute atomic E-state index is 0.0515. The Balaban J connectivity index is 1.25. The molecule has 2 aliphatic heterocycles. The molecule has 3 aliphatic rings. The zero-order valence-electron chi connectivity index (χ0n) is 19.5. The fraction of sp³-hybridized carbons (Fsp3) is 0.333. The van der Waals surface area contributed by atoms with Gasteiger partial charge in [0.15, 0.2) is 0 Å². The third-order valence-corrected chi connectivity index (χ3v) is 7.53. The molecule has 1 aliphatic carbocycles. The van der Waals surface area contributed by atoms with Gasteiger partial charge in [-0.2, -0.15) is 0 Å². The first-order valence-corrected chi connectivity index (χ1v) is 12.0. The zero-order chi connectivity index (χ0) is 24.9. The number of imide groups is 1. The molecule has 8 heteroatoms. The quantitative estimate of drug-likeness (QED) is 0.272. The van der Waals surface area contributed by atoms with Gasteiger partial charge in [-0.1, -0.05) is 29.3 Å². The van der Waals surface area contributed by atoms with E-state index in [2.05, 4.69) is 0 Å². The molecule has 5 rings (SSSR count). The summed E-state index contributed by atoms with van der Waals surface area (Å²) in [5.41, 5.74) is 3.06. The van der Waals surface area contributed by atoms with Crippen LogP contribution in [0.2, 0.25) is 5.02 Å². The van der Waals surface area contributed by atoms with Gasteiger partial charge in [-0.3, -0.25) is 24.1 Å². The van der Waals surface area contributed by atoms with Crippen LogP contribution in [0.4, 0.5) is 11.4 Å². The first kappa shape index (κ1) is 23.3. The monoisotopic (exact) mass is 492 g/mol. The molecule has 0 spiro atoms. The molecular formula is C27H25ClN2O5. The van der Waals surface area contributed by atoms with Crippen molar-refractivity contribution < 1.29 is 23.9 Å². The number of anilines is 2. The van der Waals surface area contributed by atoms with Crippen molar-refractivity contribution in [2.45, 2.75) is 33.1 Å². The van der Waals surface area contributed by atoms with E-state index in [1.165, 1.54) is 4.90 Å². The van der Waals surface area contributed by atoms with E-state index in [1.54, 1.807) is 47.4 Å². The molecule has 2 saturated heterocycles. The van der Waals surface area contributed by atoms with E-state index in [1.807, 2.05) is 19.9 Å². The molecule has 180 valence electrons. The molecule has 2 aromatic carbocycles. The number of ether oxygens (including phenoxy) is 1. The van der Waals surface area contributed by atoms with E-state index in [4.69, 9.17) is 16.3 Å². The summed E-state index contributed by atoms with van der Waals surface area (Å²) < 4.78 is 5.52. The number of fused-ring (bicyclic) bond motifs is 1. The second kappa shape index (κ2) is 8.96. The third-order valence-electron chi connectivity index (χ3n) is 7.12. The van der Waals surface area contributed by atoms with Gasteiger partial charge in [0, 0.05) is 23.7 Å². The number of hydrogen-bond acceptors (Lipinski definition) is 5. The summed E-state index contributed by atoms with van der Waals surface area (Å²) in [5, 5.41) is 0.557. The lowest BCUT2D eigenvalue weighted by Crippen LogP contribution is -2.30. The van der Waals surface area contributed by atoms with Crippen LogP contribution in [0.25, 0.3) is 0 Å². The zero-order valence-corrected chi connectivity index (χ0v) is 20.2. The summed E-state index contributed by atoms with van der Waals surface area (Å²) in [6.07, 6.45) is 3.27. The van der Waals surface area contributed by atoms with E-state index < -0.39 is 11.9 Å². The van der Waals surface area contributed by atoms with Gasteiger partial charge < -0.3 is 9.64 Å². The Morgan fingerprint density at radius 3 is 2.43 bits per heavy atom. The second-order valence-corrected chi connectivity index (χ2v) is 9.83. The van der Waals surface area contributed by atoms with E-state index in [0.717, 1.165) is 11.1 Å². The maximum absolute atomic E-state index is 12.9. The lowest BCUT2D eigenvalue weighted by Gasteiger charge is -2.19. The number of nitrogens with zero attached hydrogens (tertiary/aromatic N) is 2. The maximum Gasteiger partial charge on any atom is 0.316 e. The van der Waals surface area contributed by atoms with E-state index in [9.17, 15) is 19.2 Å². The lowest BCUT2D eigenvalue weighted by molar-refractivity contribution is -0.139. The van der Waals surface area contributed by atoms with Gasteiger partial charge >= 0.3 is 5.97 Å². The molecule has 2 heterocycles. The molecule has 2 fully saturated rings. The highest BCUT2D eigenvalue weighted by atomic mass is 35.5. The second-order valence-electron chi connectivity index (χ2n) is 9.42. The Bertz CT molecular complexity index is 1270. The normalized spacial score (nSPS) is 24.0. The Labute approximate surface area is 208 Å². The number of esters is 1. The standard InChI is InChI=1S/C27H25ClN2O5/c1-15-6-11-20-21(12-15)26(33)30(25(20)32)18-7-9-19(10-8-18)35-27(34)17-13-24(31)29(14-17)23-5-3-4-22(28)16(23)2/h3-10,17,20-21H,11-14H2,1-2H3/t17-,20+,21+/m1/s1. The fourth-order valence-corrected chi connectivity index (χ4v) is 5.31. The van der Waals surface area contributed by atoms with Crippen molar-refractivity contribution in [3.63, 3.8) is 0 Å². The fourth-order valence-electron chi connectivity index (χ4n) is 5.14. The predicted molar refractivity (Wildman–Crippen MR) is 131 cm³/mol. The number of hydrogen-bond donors (Lipinski definition) is 0. The van der Waals surface area contributed by atoms with Crippen molar-refractivity contribution in [1.82, 2.24) is 0 Å². The van der Waals surface area contributed by atoms with Crippen LogP contribution < -0.4 is 14.5 Å². The number of rotatable bonds is 4. The van der Waals surface area contributed by atoms with Gasteiger partial charge in [-0.05, 0) is 68.7 Å². The Kier molecular flexibility index (Phi) is 5.97. The van der Waals surface area contributed by atoms with E-state index in [0.29, 0.717) is 29.2 Å². The van der Waals surface area contributed by atoms with Gasteiger partial charge in [0.2, 0.25) is 17.7 Å². The number of carbonyl (C=O) groups excluding carboxylic acids is 4. The molecule has 3 atom stereocenters. The predicted octanol–water partition coefficient (Wildman–Crippen LogP) is 4.45. The third kappa shape index (κ3) is 4.14. The average Bonchev–Trinajstić information content (AvgIpc) is 3.33. The van der Waals surface area contributed by atoms with Gasteiger partial charge in [-0.25, -0.2) is 0 Å². The average molecular weight is 493 g/mol. The SMILES string of the molecule is CC1=CC[C@@H]2C(=O)N(c3ccc(OC(=O)[C@@H]4CC(=O)N(c5cccc(Cl)c5C)C4)cc3)C(=O)[C@H]2C1. The first-order valence-electron chi connectivity index (χ1n) is 11.6. The number of amides is 3. The van der Waals surface area contributed by atoms with Crippen LogP contribution in [0.3, 0.4) is 0 Å². The van der Waals surface area contributed by atoms with Crippen LogP contribution in [-0.4, -0.2) is 30.2 Å². The Hall–Kier alpha value is -3.45. The van der Waals surface area contributed by atoms with Crippen LogP contribution in [0, 0.1) is 24.7 Å². The smallest absolute Gasteiger partial charge is 0.316 e. The molecule has 0 radical (unpaired) electrons. The van der Waals surface area contributed by atoms with Crippen LogP contribution in [0.15, 0.2) is 54.1 Å². The molecular weight excluding hydrogens is 468 g/mol. The summed E-state index contributed by atoms with van der Waals surface area (Å²) in [4.78, 5) is 53.9. The van der Waals surface area contributed by atoms with Crippen molar-refractivity contribution >= 4 is 46.7 Å². The minimum Gasteiger partial charge on any atom is -0.426 e. The van der Waals surface area contributed by atoms with Crippen molar-refractivity contribution in [3.05, 3.63) is 64.7 Å². The van der Waals surface area contributed by atoms with Gasteiger partial charge in [0.05, 0.1) is 23.4 Å².